The van der Waals surface area contributed by atoms with Gasteiger partial charge in [-0.15, -0.1) is 0 Å². The molecule has 0 aliphatic rings. The number of aliphatic hydroxyl groups is 1. The van der Waals surface area contributed by atoms with E-state index in [0.29, 0.717) is 23.7 Å². The van der Waals surface area contributed by atoms with E-state index in [1.54, 1.807) is 18.2 Å². The zero-order valence-corrected chi connectivity index (χ0v) is 8.01. The van der Waals surface area contributed by atoms with Crippen LogP contribution in [0.15, 0.2) is 18.2 Å². The molecule has 0 aromatic heterocycles. The monoisotopic (exact) mass is 200 g/mol. The van der Waals surface area contributed by atoms with Gasteiger partial charge in [-0.3, -0.25) is 0 Å². The van der Waals surface area contributed by atoms with Crippen LogP contribution in [-0.4, -0.2) is 18.3 Å². The van der Waals surface area contributed by atoms with E-state index in [1.807, 2.05) is 0 Å². The number of anilines is 2. The van der Waals surface area contributed by atoms with Crippen LogP contribution in [0.5, 0.6) is 0 Å². The van der Waals surface area contributed by atoms with Crippen molar-refractivity contribution in [1.29, 1.82) is 0 Å². The van der Waals surface area contributed by atoms with Crippen LogP contribution in [0.3, 0.4) is 0 Å². The molecule has 0 fully saturated rings. The first-order valence-corrected chi connectivity index (χ1v) is 4.52. The molecule has 13 heavy (non-hydrogen) atoms. The van der Waals surface area contributed by atoms with Crippen LogP contribution in [-0.2, 0) is 0 Å². The number of aliphatic hydroxyl groups excluding tert-OH is 1. The first kappa shape index (κ1) is 10.2. The molecule has 0 heterocycles. The van der Waals surface area contributed by atoms with E-state index in [4.69, 9.17) is 22.4 Å². The second-order valence-corrected chi connectivity index (χ2v) is 3.12. The van der Waals surface area contributed by atoms with E-state index in [9.17, 15) is 0 Å². The summed E-state index contributed by atoms with van der Waals surface area (Å²) < 4.78 is 0. The number of nitrogens with one attached hydrogen (secondary N) is 1. The van der Waals surface area contributed by atoms with Crippen LogP contribution in [0.25, 0.3) is 0 Å². The molecule has 0 amide bonds. The molecule has 0 saturated heterocycles. The van der Waals surface area contributed by atoms with Gasteiger partial charge in [0.2, 0.25) is 0 Å². The molecule has 4 N–H and O–H groups in total. The molecule has 1 aromatic carbocycles. The lowest BCUT2D eigenvalue weighted by atomic mass is 10.2. The number of nitrogens with two attached hydrogens (primary N) is 1. The van der Waals surface area contributed by atoms with E-state index in [1.165, 1.54) is 0 Å². The fourth-order valence-electron chi connectivity index (χ4n) is 1.02. The smallest absolute Gasteiger partial charge is 0.0763 e. The van der Waals surface area contributed by atoms with Crippen LogP contribution < -0.4 is 11.1 Å². The minimum Gasteiger partial charge on any atom is -0.397 e. The Kier molecular flexibility index (Phi) is 3.86. The number of rotatable bonds is 4. The Morgan fingerprint density at radius 1 is 1.46 bits per heavy atom. The summed E-state index contributed by atoms with van der Waals surface area (Å²) in [6.07, 6.45) is 0.685. The number of para-hydroxylation sites is 1. The van der Waals surface area contributed by atoms with Gasteiger partial charge in [-0.2, -0.15) is 0 Å². The van der Waals surface area contributed by atoms with Crippen molar-refractivity contribution in [3.8, 4) is 0 Å². The van der Waals surface area contributed by atoms with Crippen LogP contribution in [0.4, 0.5) is 11.4 Å². The van der Waals surface area contributed by atoms with Crippen molar-refractivity contribution >= 4 is 23.0 Å². The molecule has 1 aromatic rings. The predicted octanol–water partition coefficient (Wildman–Crippen LogP) is 1.72. The van der Waals surface area contributed by atoms with Gasteiger partial charge in [-0.05, 0) is 18.6 Å². The van der Waals surface area contributed by atoms with Crippen molar-refractivity contribution in [2.75, 3.05) is 24.2 Å². The Labute approximate surface area is 82.5 Å². The van der Waals surface area contributed by atoms with Crippen LogP contribution in [0, 0.1) is 0 Å². The Morgan fingerprint density at radius 3 is 2.85 bits per heavy atom. The lowest BCUT2D eigenvalue weighted by Crippen LogP contribution is -2.06. The highest BCUT2D eigenvalue weighted by molar-refractivity contribution is 6.33. The molecule has 0 atom stereocenters. The molecule has 72 valence electrons. The summed E-state index contributed by atoms with van der Waals surface area (Å²) in [5.41, 5.74) is 7.07. The molecule has 4 heteroatoms. The van der Waals surface area contributed by atoms with Crippen molar-refractivity contribution in [3.63, 3.8) is 0 Å². The molecule has 0 radical (unpaired) electrons. The van der Waals surface area contributed by atoms with Gasteiger partial charge in [0, 0.05) is 13.2 Å². The van der Waals surface area contributed by atoms with Crippen LogP contribution in [0.2, 0.25) is 5.02 Å². The fourth-order valence-corrected chi connectivity index (χ4v) is 1.27. The fraction of sp³-hybridized carbons (Fsp3) is 0.333. The number of hydrogen-bond donors (Lipinski definition) is 3. The van der Waals surface area contributed by atoms with Crippen molar-refractivity contribution in [1.82, 2.24) is 0 Å². The summed E-state index contributed by atoms with van der Waals surface area (Å²) in [5, 5.41) is 12.3. The molecule has 1 rings (SSSR count). The Hall–Kier alpha value is -0.930. The van der Waals surface area contributed by atoms with E-state index in [-0.39, 0.29) is 6.61 Å². The third-order valence-corrected chi connectivity index (χ3v) is 2.00. The standard InChI is InChI=1S/C9H13ClN2O/c10-7-3-1-4-8(11)9(7)12-5-2-6-13/h1,3-4,12-13H,2,5-6,11H2. The molecule has 3 nitrogen and oxygen atoms in total. The molecule has 0 spiro atoms. The highest BCUT2D eigenvalue weighted by atomic mass is 35.5. The van der Waals surface area contributed by atoms with E-state index in [0.717, 1.165) is 5.69 Å². The Bertz CT molecular complexity index is 258. The highest BCUT2D eigenvalue weighted by Crippen LogP contribution is 2.27. The SMILES string of the molecule is Nc1cccc(Cl)c1NCCCO. The van der Waals surface area contributed by atoms with Gasteiger partial charge in [0.1, 0.15) is 0 Å². The van der Waals surface area contributed by atoms with Gasteiger partial charge in [0.05, 0.1) is 16.4 Å². The largest absolute Gasteiger partial charge is 0.397 e. The summed E-state index contributed by atoms with van der Waals surface area (Å²) in [4.78, 5) is 0. The number of benzene rings is 1. The average molecular weight is 201 g/mol. The number of halogens is 1. The van der Waals surface area contributed by atoms with Crippen molar-refractivity contribution < 1.29 is 5.11 Å². The Morgan fingerprint density at radius 2 is 2.23 bits per heavy atom. The second kappa shape index (κ2) is 4.94. The average Bonchev–Trinajstić information content (AvgIpc) is 2.10. The third-order valence-electron chi connectivity index (χ3n) is 1.68. The summed E-state index contributed by atoms with van der Waals surface area (Å²) in [7, 11) is 0. The van der Waals surface area contributed by atoms with Gasteiger partial charge in [-0.1, -0.05) is 17.7 Å². The minimum absolute atomic E-state index is 0.164. The molecule has 0 saturated carbocycles. The van der Waals surface area contributed by atoms with Crippen molar-refractivity contribution in [2.45, 2.75) is 6.42 Å². The quantitative estimate of drug-likeness (QED) is 0.513. The minimum atomic E-state index is 0.164. The van der Waals surface area contributed by atoms with E-state index < -0.39 is 0 Å². The number of hydrogen-bond acceptors (Lipinski definition) is 3. The first-order chi connectivity index (χ1) is 6.25. The maximum Gasteiger partial charge on any atom is 0.0763 e. The lowest BCUT2D eigenvalue weighted by Gasteiger charge is -2.09. The molecule has 0 unspecified atom stereocenters. The second-order valence-electron chi connectivity index (χ2n) is 2.71. The van der Waals surface area contributed by atoms with Gasteiger partial charge in [0.15, 0.2) is 0 Å². The summed E-state index contributed by atoms with van der Waals surface area (Å²) in [6.45, 7) is 0.835. The number of nitrogen functional groups attached to an aromatic ring is 1. The zero-order valence-electron chi connectivity index (χ0n) is 7.26. The maximum absolute atomic E-state index is 8.58. The van der Waals surface area contributed by atoms with Crippen LogP contribution >= 0.6 is 11.6 Å². The van der Waals surface area contributed by atoms with Crippen molar-refractivity contribution in [2.24, 2.45) is 0 Å². The van der Waals surface area contributed by atoms with E-state index in [2.05, 4.69) is 5.32 Å². The van der Waals surface area contributed by atoms with E-state index >= 15 is 0 Å². The first-order valence-electron chi connectivity index (χ1n) is 4.14. The van der Waals surface area contributed by atoms with Crippen molar-refractivity contribution in [3.05, 3.63) is 23.2 Å². The van der Waals surface area contributed by atoms with Gasteiger partial charge < -0.3 is 16.2 Å². The predicted molar refractivity (Wildman–Crippen MR) is 56.1 cm³/mol. The summed E-state index contributed by atoms with van der Waals surface area (Å²) in [5.74, 6) is 0. The van der Waals surface area contributed by atoms with Crippen LogP contribution in [0.1, 0.15) is 6.42 Å². The van der Waals surface area contributed by atoms with Gasteiger partial charge >= 0.3 is 0 Å². The van der Waals surface area contributed by atoms with Gasteiger partial charge in [-0.25, -0.2) is 0 Å². The summed E-state index contributed by atoms with van der Waals surface area (Å²) in [6, 6.07) is 5.36. The third kappa shape index (κ3) is 2.79. The zero-order chi connectivity index (χ0) is 9.68. The lowest BCUT2D eigenvalue weighted by molar-refractivity contribution is 0.292. The molecule has 0 aliphatic heterocycles. The van der Waals surface area contributed by atoms with Gasteiger partial charge in [0.25, 0.3) is 0 Å². The normalized spacial score (nSPS) is 10.0. The highest BCUT2D eigenvalue weighted by Gasteiger charge is 2.01. The maximum atomic E-state index is 8.58. The summed E-state index contributed by atoms with van der Waals surface area (Å²) >= 11 is 5.90. The molecular formula is C9H13ClN2O. The topological polar surface area (TPSA) is 58.3 Å². The molecular weight excluding hydrogens is 188 g/mol. The Balaban J connectivity index is 2.64. The molecule has 0 bridgehead atoms. The molecule has 0 aliphatic carbocycles.